The van der Waals surface area contributed by atoms with Crippen LogP contribution >= 0.6 is 0 Å². The minimum atomic E-state index is 0.437. The molecule has 0 aliphatic rings. The lowest BCUT2D eigenvalue weighted by molar-refractivity contribution is 0.902. The first-order valence-electron chi connectivity index (χ1n) is 6.06. The maximum Gasteiger partial charge on any atom is 0.00638 e. The first kappa shape index (κ1) is 11.7. The zero-order chi connectivity index (χ0) is 12.1. The number of allylic oxidation sites excluding steroid dienone is 1. The van der Waals surface area contributed by atoms with Gasteiger partial charge < -0.3 is 0 Å². The van der Waals surface area contributed by atoms with Crippen LogP contribution in [0.3, 0.4) is 0 Å². The molecule has 0 aliphatic heterocycles. The first-order chi connectivity index (χ1) is 8.33. The highest BCUT2D eigenvalue weighted by atomic mass is 14.1. The number of hydrogen-bond acceptors (Lipinski definition) is 0. The van der Waals surface area contributed by atoms with Gasteiger partial charge in [-0.3, -0.25) is 0 Å². The number of rotatable bonds is 4. The van der Waals surface area contributed by atoms with Crippen molar-refractivity contribution in [3.8, 4) is 0 Å². The maximum absolute atomic E-state index is 3.83. The van der Waals surface area contributed by atoms with E-state index < -0.39 is 0 Å². The van der Waals surface area contributed by atoms with Crippen molar-refractivity contribution in [2.45, 2.75) is 19.3 Å². The highest BCUT2D eigenvalue weighted by molar-refractivity contribution is 5.38. The van der Waals surface area contributed by atoms with Gasteiger partial charge in [-0.25, -0.2) is 0 Å². The summed E-state index contributed by atoms with van der Waals surface area (Å²) in [5, 5.41) is 0. The van der Waals surface area contributed by atoms with Gasteiger partial charge in [0.25, 0.3) is 0 Å². The molecule has 0 saturated heterocycles. The summed E-state index contributed by atoms with van der Waals surface area (Å²) < 4.78 is 0. The predicted molar refractivity (Wildman–Crippen MR) is 74.3 cm³/mol. The Balaban J connectivity index is 2.37. The minimum Gasteiger partial charge on any atom is -0.103 e. The normalized spacial score (nSPS) is 12.1. The Labute approximate surface area is 104 Å². The maximum atomic E-state index is 3.83. The zero-order valence-electron chi connectivity index (χ0n) is 10.3. The predicted octanol–water partition coefficient (Wildman–Crippen LogP) is 4.57. The topological polar surface area (TPSA) is 0 Å². The fourth-order valence-electron chi connectivity index (χ4n) is 2.22. The van der Waals surface area contributed by atoms with Gasteiger partial charge in [-0.15, -0.1) is 6.58 Å². The summed E-state index contributed by atoms with van der Waals surface area (Å²) in [4.78, 5) is 0. The highest BCUT2D eigenvalue weighted by Crippen LogP contribution is 2.27. The van der Waals surface area contributed by atoms with Crippen LogP contribution in [0.4, 0.5) is 0 Å². The van der Waals surface area contributed by atoms with Crippen LogP contribution < -0.4 is 0 Å². The molecule has 0 nitrogen and oxygen atoms in total. The Morgan fingerprint density at radius 3 is 2.35 bits per heavy atom. The lowest BCUT2D eigenvalue weighted by Gasteiger charge is -2.16. The van der Waals surface area contributed by atoms with Crippen molar-refractivity contribution in [3.05, 3.63) is 83.9 Å². The molecule has 2 rings (SSSR count). The van der Waals surface area contributed by atoms with Crippen molar-refractivity contribution in [3.63, 3.8) is 0 Å². The van der Waals surface area contributed by atoms with Crippen molar-refractivity contribution >= 4 is 0 Å². The van der Waals surface area contributed by atoms with Crippen LogP contribution in [0.5, 0.6) is 0 Å². The molecule has 17 heavy (non-hydrogen) atoms. The third-order valence-corrected chi connectivity index (χ3v) is 3.19. The molecule has 2 aromatic rings. The van der Waals surface area contributed by atoms with Crippen molar-refractivity contribution in [2.75, 3.05) is 0 Å². The van der Waals surface area contributed by atoms with E-state index in [1.165, 1.54) is 16.7 Å². The number of hydrogen-bond donors (Lipinski definition) is 0. The van der Waals surface area contributed by atoms with Gasteiger partial charge in [0.2, 0.25) is 0 Å². The average molecular weight is 222 g/mol. The Morgan fingerprint density at radius 1 is 1.00 bits per heavy atom. The monoisotopic (exact) mass is 222 g/mol. The summed E-state index contributed by atoms with van der Waals surface area (Å²) in [7, 11) is 0. The minimum absolute atomic E-state index is 0.437. The van der Waals surface area contributed by atoms with E-state index in [-0.39, 0.29) is 0 Å². The summed E-state index contributed by atoms with van der Waals surface area (Å²) >= 11 is 0. The van der Waals surface area contributed by atoms with E-state index in [1.54, 1.807) is 0 Å². The molecule has 0 fully saturated rings. The molecule has 0 aliphatic carbocycles. The van der Waals surface area contributed by atoms with Gasteiger partial charge in [0.15, 0.2) is 0 Å². The van der Waals surface area contributed by atoms with E-state index in [2.05, 4.69) is 68.1 Å². The molecule has 1 unspecified atom stereocenters. The highest BCUT2D eigenvalue weighted by Gasteiger charge is 2.10. The van der Waals surface area contributed by atoms with E-state index in [0.29, 0.717) is 5.92 Å². The van der Waals surface area contributed by atoms with Crippen LogP contribution in [0.15, 0.2) is 67.3 Å². The van der Waals surface area contributed by atoms with Gasteiger partial charge >= 0.3 is 0 Å². The molecule has 86 valence electrons. The van der Waals surface area contributed by atoms with Crippen LogP contribution in [0.2, 0.25) is 0 Å². The molecule has 1 atom stereocenters. The Morgan fingerprint density at radius 2 is 1.65 bits per heavy atom. The van der Waals surface area contributed by atoms with Gasteiger partial charge in [-0.2, -0.15) is 0 Å². The summed E-state index contributed by atoms with van der Waals surface area (Å²) in [5.41, 5.74) is 4.14. The SMILES string of the molecule is C=CCc1ccccc1C(C)c1ccccc1. The van der Waals surface area contributed by atoms with Crippen LogP contribution in [0.25, 0.3) is 0 Å². The summed E-state index contributed by atoms with van der Waals surface area (Å²) in [6.45, 7) is 6.09. The molecule has 0 heterocycles. The van der Waals surface area contributed by atoms with E-state index in [0.717, 1.165) is 6.42 Å². The summed E-state index contributed by atoms with van der Waals surface area (Å²) in [6, 6.07) is 19.3. The largest absolute Gasteiger partial charge is 0.103 e. The Hall–Kier alpha value is -1.82. The third-order valence-electron chi connectivity index (χ3n) is 3.19. The fourth-order valence-corrected chi connectivity index (χ4v) is 2.22. The Kier molecular flexibility index (Phi) is 3.77. The summed E-state index contributed by atoms with van der Waals surface area (Å²) in [5.74, 6) is 0.437. The molecule has 0 spiro atoms. The third kappa shape index (κ3) is 2.65. The van der Waals surface area contributed by atoms with Crippen LogP contribution in [-0.2, 0) is 6.42 Å². The van der Waals surface area contributed by atoms with E-state index in [1.807, 2.05) is 6.08 Å². The van der Waals surface area contributed by atoms with E-state index in [4.69, 9.17) is 0 Å². The molecule has 0 bridgehead atoms. The molecular formula is C17H18. The van der Waals surface area contributed by atoms with Crippen LogP contribution in [0.1, 0.15) is 29.5 Å². The second-order valence-corrected chi connectivity index (χ2v) is 4.32. The first-order valence-corrected chi connectivity index (χ1v) is 6.06. The smallest absolute Gasteiger partial charge is 0.00638 e. The van der Waals surface area contributed by atoms with Crippen LogP contribution in [0, 0.1) is 0 Å². The molecule has 0 heteroatoms. The standard InChI is InChI=1S/C17H18/c1-3-9-16-12-7-8-13-17(16)14(2)15-10-5-4-6-11-15/h3-8,10-14H,1,9H2,2H3. The van der Waals surface area contributed by atoms with Gasteiger partial charge in [0.1, 0.15) is 0 Å². The Bertz CT molecular complexity index is 482. The van der Waals surface area contributed by atoms with Gasteiger partial charge in [-0.05, 0) is 23.1 Å². The van der Waals surface area contributed by atoms with E-state index >= 15 is 0 Å². The lowest BCUT2D eigenvalue weighted by atomic mass is 9.89. The molecule has 2 aromatic carbocycles. The zero-order valence-corrected chi connectivity index (χ0v) is 10.3. The molecule has 0 aromatic heterocycles. The molecule has 0 amide bonds. The fraction of sp³-hybridized carbons (Fsp3) is 0.176. The lowest BCUT2D eigenvalue weighted by Crippen LogP contribution is -2.00. The number of benzene rings is 2. The molecule has 0 saturated carbocycles. The van der Waals surface area contributed by atoms with Crippen LogP contribution in [-0.4, -0.2) is 0 Å². The quantitative estimate of drug-likeness (QED) is 0.665. The van der Waals surface area contributed by atoms with Crippen molar-refractivity contribution in [1.29, 1.82) is 0 Å². The van der Waals surface area contributed by atoms with Gasteiger partial charge in [0.05, 0.1) is 0 Å². The average Bonchev–Trinajstić information content (AvgIpc) is 2.40. The molecule has 0 N–H and O–H groups in total. The molecule has 0 radical (unpaired) electrons. The second-order valence-electron chi connectivity index (χ2n) is 4.32. The van der Waals surface area contributed by atoms with E-state index in [9.17, 15) is 0 Å². The van der Waals surface area contributed by atoms with Crippen molar-refractivity contribution in [2.24, 2.45) is 0 Å². The van der Waals surface area contributed by atoms with Gasteiger partial charge in [-0.1, -0.05) is 67.6 Å². The van der Waals surface area contributed by atoms with Gasteiger partial charge in [0, 0.05) is 5.92 Å². The van der Waals surface area contributed by atoms with Crippen molar-refractivity contribution in [1.82, 2.24) is 0 Å². The van der Waals surface area contributed by atoms with Crippen molar-refractivity contribution < 1.29 is 0 Å². The summed E-state index contributed by atoms with van der Waals surface area (Å²) in [6.07, 6.45) is 2.91. The molecular weight excluding hydrogens is 204 g/mol. The second kappa shape index (κ2) is 5.49.